The van der Waals surface area contributed by atoms with E-state index in [-0.39, 0.29) is 47.7 Å². The smallest absolute Gasteiger partial charge is 0.416 e. The first-order chi connectivity index (χ1) is 28.0. The summed E-state index contributed by atoms with van der Waals surface area (Å²) in [6.07, 6.45) is -0.752. The Hall–Kier alpha value is -4.17. The summed E-state index contributed by atoms with van der Waals surface area (Å²) < 4.78 is 57.9. The van der Waals surface area contributed by atoms with Crippen LogP contribution in [-0.4, -0.2) is 82.8 Å². The molecule has 318 valence electrons. The van der Waals surface area contributed by atoms with Crippen LogP contribution < -0.4 is 9.47 Å². The third-order valence-electron chi connectivity index (χ3n) is 12.4. The second kappa shape index (κ2) is 18.2. The summed E-state index contributed by atoms with van der Waals surface area (Å²) in [7, 11) is 3.12. The number of aliphatic hydroxyl groups excluding tert-OH is 3. The highest BCUT2D eigenvalue weighted by atomic mass is 35.5. The number of methoxy groups -OCH3 is 2. The molecule has 1 heterocycles. The molecule has 2 bridgehead atoms. The van der Waals surface area contributed by atoms with Gasteiger partial charge in [-0.25, -0.2) is 0 Å². The third-order valence-corrected chi connectivity index (χ3v) is 12.7. The van der Waals surface area contributed by atoms with Gasteiger partial charge >= 0.3 is 6.18 Å². The lowest BCUT2D eigenvalue weighted by molar-refractivity contribution is -0.137. The standard InChI is InChI=1S/C46H53ClF3NO8/c1-28-6-5-18-44(2)38(17-19-45(44,56)27-51(25-33(54)26-52)24-30-9-12-34(57-3)23-42(30)58-4)35-13-8-29(20-32(53)11-7-28)21-36(35)43(55)41-16-15-40(59-41)37-22-31(46(48,49)50)10-14-39(37)47/h6,8-10,12-16,21-23,32-33,38,52-54,56H,5,7,11,17-20,24-27H2,1-4H3. The summed E-state index contributed by atoms with van der Waals surface area (Å²) in [5, 5.41) is 44.7. The van der Waals surface area contributed by atoms with Crippen molar-refractivity contribution in [3.05, 3.63) is 117 Å². The molecule has 7 rings (SSSR count). The number of ketones is 1. The number of carbonyl (C=O) groups excluding carboxylic acids is 1. The first kappa shape index (κ1) is 44.4. The number of alkyl halides is 3. The number of ether oxygens (including phenoxy) is 2. The van der Waals surface area contributed by atoms with Crippen LogP contribution in [0.25, 0.3) is 11.3 Å². The van der Waals surface area contributed by atoms with Crippen molar-refractivity contribution < 1.29 is 52.3 Å². The molecule has 0 aliphatic heterocycles. The molecule has 9 nitrogen and oxygen atoms in total. The van der Waals surface area contributed by atoms with Gasteiger partial charge in [0.25, 0.3) is 0 Å². The van der Waals surface area contributed by atoms with E-state index in [1.807, 2.05) is 43.0 Å². The van der Waals surface area contributed by atoms with Crippen LogP contribution in [0.5, 0.6) is 11.5 Å². The van der Waals surface area contributed by atoms with Crippen molar-refractivity contribution in [3.8, 4) is 22.8 Å². The van der Waals surface area contributed by atoms with Crippen molar-refractivity contribution in [2.24, 2.45) is 5.41 Å². The Morgan fingerprint density at radius 2 is 1.81 bits per heavy atom. The van der Waals surface area contributed by atoms with Gasteiger partial charge in [0, 0.05) is 47.8 Å². The Balaban J connectivity index is 1.42. The van der Waals surface area contributed by atoms with Gasteiger partial charge < -0.3 is 34.3 Å². The molecule has 1 saturated carbocycles. The molecular formula is C46H53ClF3NO8. The minimum atomic E-state index is -4.62. The number of nitrogens with zero attached hydrogens (tertiary/aromatic N) is 1. The van der Waals surface area contributed by atoms with Gasteiger partial charge in [0.2, 0.25) is 5.78 Å². The molecule has 0 radical (unpaired) electrons. The van der Waals surface area contributed by atoms with Gasteiger partial charge in [-0.15, -0.1) is 0 Å². The lowest BCUT2D eigenvalue weighted by atomic mass is 9.64. The van der Waals surface area contributed by atoms with Crippen LogP contribution in [0.15, 0.2) is 82.8 Å². The summed E-state index contributed by atoms with van der Waals surface area (Å²) in [5.41, 5.74) is 0.532. The molecule has 1 fully saturated rings. The molecule has 3 aromatic carbocycles. The molecule has 59 heavy (non-hydrogen) atoms. The second-order valence-electron chi connectivity index (χ2n) is 16.3. The summed E-state index contributed by atoms with van der Waals surface area (Å²) in [4.78, 5) is 16.6. The van der Waals surface area contributed by atoms with Gasteiger partial charge in [-0.3, -0.25) is 9.69 Å². The van der Waals surface area contributed by atoms with Crippen LogP contribution in [0.4, 0.5) is 13.2 Å². The summed E-state index contributed by atoms with van der Waals surface area (Å²) in [6.45, 7) is 4.07. The summed E-state index contributed by atoms with van der Waals surface area (Å²) in [6, 6.07) is 16.7. The number of furan rings is 1. The molecule has 5 unspecified atom stereocenters. The normalized spacial score (nSPS) is 23.1. The van der Waals surface area contributed by atoms with Crippen molar-refractivity contribution in [2.75, 3.05) is 33.9 Å². The largest absolute Gasteiger partial charge is 0.497 e. The fourth-order valence-corrected chi connectivity index (χ4v) is 9.17. The van der Waals surface area contributed by atoms with Gasteiger partial charge in [0.1, 0.15) is 17.3 Å². The van der Waals surface area contributed by atoms with Crippen LogP contribution in [0, 0.1) is 5.41 Å². The monoisotopic (exact) mass is 839 g/mol. The molecule has 3 aliphatic carbocycles. The van der Waals surface area contributed by atoms with E-state index in [1.54, 1.807) is 26.4 Å². The van der Waals surface area contributed by atoms with Crippen molar-refractivity contribution in [3.63, 3.8) is 0 Å². The molecule has 1 aromatic heterocycles. The van der Waals surface area contributed by atoms with Crippen molar-refractivity contribution >= 4 is 17.4 Å². The van der Waals surface area contributed by atoms with Crippen molar-refractivity contribution in [2.45, 2.75) is 95.2 Å². The Morgan fingerprint density at radius 3 is 2.53 bits per heavy atom. The molecular weight excluding hydrogens is 787 g/mol. The maximum Gasteiger partial charge on any atom is 0.416 e. The molecule has 0 saturated heterocycles. The van der Waals surface area contributed by atoms with E-state index in [0.717, 1.165) is 34.9 Å². The first-order valence-corrected chi connectivity index (χ1v) is 20.3. The van der Waals surface area contributed by atoms with E-state index in [9.17, 15) is 38.4 Å². The van der Waals surface area contributed by atoms with E-state index in [1.165, 1.54) is 12.1 Å². The van der Waals surface area contributed by atoms with Crippen molar-refractivity contribution in [1.82, 2.24) is 4.90 Å². The average Bonchev–Trinajstić information content (AvgIpc) is 3.78. The number of aliphatic hydroxyl groups is 4. The quantitative estimate of drug-likeness (QED) is 0.0817. The highest BCUT2D eigenvalue weighted by Gasteiger charge is 2.57. The molecule has 4 N–H and O–H groups in total. The number of benzene rings is 3. The van der Waals surface area contributed by atoms with E-state index in [0.29, 0.717) is 67.6 Å². The number of hydrogen-bond donors (Lipinski definition) is 4. The molecule has 3 aliphatic rings. The third kappa shape index (κ3) is 9.74. The fraction of sp³-hybridized carbons (Fsp3) is 0.457. The Labute approximate surface area is 348 Å². The van der Waals surface area contributed by atoms with Crippen LogP contribution >= 0.6 is 11.6 Å². The van der Waals surface area contributed by atoms with Gasteiger partial charge in [0.15, 0.2) is 5.76 Å². The van der Waals surface area contributed by atoms with Gasteiger partial charge in [-0.2, -0.15) is 13.2 Å². The fourth-order valence-electron chi connectivity index (χ4n) is 8.96. The van der Waals surface area contributed by atoms with Gasteiger partial charge in [0.05, 0.1) is 49.2 Å². The van der Waals surface area contributed by atoms with Crippen LogP contribution in [0.2, 0.25) is 5.02 Å². The summed E-state index contributed by atoms with van der Waals surface area (Å²) in [5.74, 6) is 0.232. The maximum atomic E-state index is 14.6. The van der Waals surface area contributed by atoms with E-state index < -0.39 is 47.4 Å². The van der Waals surface area contributed by atoms with Crippen LogP contribution in [-0.2, 0) is 19.1 Å². The highest BCUT2D eigenvalue weighted by Crippen LogP contribution is 2.59. The van der Waals surface area contributed by atoms with Gasteiger partial charge in [-0.1, -0.05) is 48.4 Å². The zero-order valence-electron chi connectivity index (χ0n) is 33.8. The number of rotatable bonds is 12. The maximum absolute atomic E-state index is 14.6. The number of hydrogen-bond acceptors (Lipinski definition) is 9. The SMILES string of the molecule is COc1ccc(CN(CC(O)CO)CC2(O)CCC3c4ccc(cc4C(=O)c4ccc(-c5cc(C(F)(F)F)ccc5Cl)o4)CC(O)CCC(C)=CCCC32C)c(OC)c1. The predicted molar refractivity (Wildman–Crippen MR) is 219 cm³/mol. The lowest BCUT2D eigenvalue weighted by Gasteiger charge is -2.46. The highest BCUT2D eigenvalue weighted by molar-refractivity contribution is 6.33. The second-order valence-corrected chi connectivity index (χ2v) is 16.7. The zero-order chi connectivity index (χ0) is 42.7. The topological polar surface area (TPSA) is 133 Å². The predicted octanol–water partition coefficient (Wildman–Crippen LogP) is 8.76. The molecule has 4 aromatic rings. The minimum absolute atomic E-state index is 0.000559. The number of carbonyl (C=O) groups is 1. The zero-order valence-corrected chi connectivity index (χ0v) is 34.6. The Bertz CT molecular complexity index is 2150. The number of fused-ring (bicyclic) bond motifs is 8. The summed E-state index contributed by atoms with van der Waals surface area (Å²) >= 11 is 6.33. The number of halogens is 4. The first-order valence-electron chi connectivity index (χ1n) is 19.9. The van der Waals surface area contributed by atoms with Crippen LogP contribution in [0.3, 0.4) is 0 Å². The van der Waals surface area contributed by atoms with Crippen molar-refractivity contribution in [1.29, 1.82) is 0 Å². The Kier molecular flexibility index (Phi) is 13.7. The molecule has 0 amide bonds. The Morgan fingerprint density at radius 1 is 1.03 bits per heavy atom. The van der Waals surface area contributed by atoms with Gasteiger partial charge in [-0.05, 0) is 111 Å². The van der Waals surface area contributed by atoms with E-state index >= 15 is 0 Å². The van der Waals surface area contributed by atoms with E-state index in [2.05, 4.69) is 6.08 Å². The molecule has 0 spiro atoms. The molecule has 13 heteroatoms. The lowest BCUT2D eigenvalue weighted by Crippen LogP contribution is -2.53. The van der Waals surface area contributed by atoms with E-state index in [4.69, 9.17) is 25.5 Å². The van der Waals surface area contributed by atoms with Crippen LogP contribution in [0.1, 0.15) is 96.7 Å². The average molecular weight is 840 g/mol. The minimum Gasteiger partial charge on any atom is -0.497 e. The molecule has 5 atom stereocenters. The number of allylic oxidation sites excluding steroid dienone is 2.